The van der Waals surface area contributed by atoms with Gasteiger partial charge in [0.25, 0.3) is 5.91 Å². The fourth-order valence-corrected chi connectivity index (χ4v) is 3.83. The number of carbonyl (C=O) groups excluding carboxylic acids is 1. The largest absolute Gasteiger partial charge is 0.346 e. The van der Waals surface area contributed by atoms with Crippen LogP contribution in [0.25, 0.3) is 0 Å². The van der Waals surface area contributed by atoms with Gasteiger partial charge < -0.3 is 9.64 Å². The molecule has 1 atom stereocenters. The quantitative estimate of drug-likeness (QED) is 0.619. The molecule has 0 N–H and O–H groups in total. The molecule has 6 nitrogen and oxygen atoms in total. The maximum atomic E-state index is 14.6. The van der Waals surface area contributed by atoms with Gasteiger partial charge in [-0.15, -0.1) is 0 Å². The van der Waals surface area contributed by atoms with Crippen molar-refractivity contribution in [3.8, 4) is 0 Å². The van der Waals surface area contributed by atoms with Crippen molar-refractivity contribution in [1.82, 2.24) is 19.7 Å². The lowest BCUT2D eigenvalue weighted by Crippen LogP contribution is -2.39. The van der Waals surface area contributed by atoms with Gasteiger partial charge in [-0.25, -0.2) is 18.4 Å². The molecular formula is C19H14Cl2F2N4O2. The van der Waals surface area contributed by atoms with Crippen molar-refractivity contribution in [2.75, 3.05) is 13.3 Å². The van der Waals surface area contributed by atoms with Crippen molar-refractivity contribution >= 4 is 29.1 Å². The molecule has 150 valence electrons. The van der Waals surface area contributed by atoms with Crippen LogP contribution in [-0.4, -0.2) is 38.8 Å². The molecule has 1 aliphatic heterocycles. The Kier molecular flexibility index (Phi) is 5.24. The molecule has 0 saturated carbocycles. The Bertz CT molecular complexity index is 1060. The molecule has 0 radical (unpaired) electrons. The number of nitrogens with zero attached hydrogens (tertiary/aromatic N) is 4. The predicted molar refractivity (Wildman–Crippen MR) is 102 cm³/mol. The minimum absolute atomic E-state index is 0.00714. The molecule has 2 aromatic carbocycles. The molecule has 3 aromatic rings. The lowest BCUT2D eigenvalue weighted by atomic mass is 9.92. The van der Waals surface area contributed by atoms with Gasteiger partial charge in [-0.1, -0.05) is 29.3 Å². The maximum absolute atomic E-state index is 14.6. The lowest BCUT2D eigenvalue weighted by molar-refractivity contribution is -0.0162. The van der Waals surface area contributed by atoms with Crippen LogP contribution in [0.5, 0.6) is 0 Å². The van der Waals surface area contributed by atoms with Crippen LogP contribution >= 0.6 is 23.2 Å². The number of rotatable bonds is 4. The third-order valence-corrected chi connectivity index (χ3v) is 5.25. The first kappa shape index (κ1) is 19.8. The van der Waals surface area contributed by atoms with Crippen LogP contribution in [0.2, 0.25) is 10.0 Å². The standard InChI is InChI=1S/C19H14Cl2F2N4O2/c20-12-1-3-14(16(21)5-12)18(28)26-7-19(29-11-26,8-27-10-24-9-25-27)15-4-2-13(22)6-17(15)23/h1-6,9-10H,7-8,11H2. The van der Waals surface area contributed by atoms with E-state index in [1.807, 2.05) is 0 Å². The van der Waals surface area contributed by atoms with Crippen molar-refractivity contribution in [2.24, 2.45) is 0 Å². The Balaban J connectivity index is 1.69. The van der Waals surface area contributed by atoms with Crippen LogP contribution in [0.3, 0.4) is 0 Å². The molecule has 1 saturated heterocycles. The Morgan fingerprint density at radius 3 is 2.72 bits per heavy atom. The van der Waals surface area contributed by atoms with E-state index in [1.54, 1.807) is 6.07 Å². The van der Waals surface area contributed by atoms with Crippen molar-refractivity contribution in [2.45, 2.75) is 12.1 Å². The lowest BCUT2D eigenvalue weighted by Gasteiger charge is -2.28. The van der Waals surface area contributed by atoms with E-state index in [4.69, 9.17) is 27.9 Å². The highest BCUT2D eigenvalue weighted by Gasteiger charge is 2.45. The number of hydrogen-bond acceptors (Lipinski definition) is 4. The summed E-state index contributed by atoms with van der Waals surface area (Å²) in [5, 5.41) is 4.64. The fraction of sp³-hybridized carbons (Fsp3) is 0.211. The molecule has 10 heteroatoms. The summed E-state index contributed by atoms with van der Waals surface area (Å²) in [7, 11) is 0. The van der Waals surface area contributed by atoms with E-state index in [-0.39, 0.29) is 36.0 Å². The Morgan fingerprint density at radius 2 is 2.03 bits per heavy atom. The van der Waals surface area contributed by atoms with E-state index in [2.05, 4.69) is 10.1 Å². The summed E-state index contributed by atoms with van der Waals surface area (Å²) in [5.41, 5.74) is -0.914. The molecule has 29 heavy (non-hydrogen) atoms. The van der Waals surface area contributed by atoms with Crippen LogP contribution < -0.4 is 0 Å². The van der Waals surface area contributed by atoms with Crippen molar-refractivity contribution in [3.63, 3.8) is 0 Å². The van der Waals surface area contributed by atoms with Crippen LogP contribution in [-0.2, 0) is 16.9 Å². The molecule has 4 rings (SSSR count). The van der Waals surface area contributed by atoms with Crippen LogP contribution in [0.15, 0.2) is 49.1 Å². The summed E-state index contributed by atoms with van der Waals surface area (Å²) in [6.45, 7) is -0.0236. The second-order valence-corrected chi connectivity index (χ2v) is 7.46. The van der Waals surface area contributed by atoms with Gasteiger partial charge in [0, 0.05) is 16.7 Å². The third-order valence-electron chi connectivity index (χ3n) is 4.70. The zero-order valence-electron chi connectivity index (χ0n) is 14.9. The monoisotopic (exact) mass is 438 g/mol. The molecule has 1 aromatic heterocycles. The van der Waals surface area contributed by atoms with E-state index in [0.29, 0.717) is 5.02 Å². The molecule has 1 unspecified atom stereocenters. The fourth-order valence-electron chi connectivity index (χ4n) is 3.34. The Labute approximate surface area is 174 Å². The highest BCUT2D eigenvalue weighted by Crippen LogP contribution is 2.37. The summed E-state index contributed by atoms with van der Waals surface area (Å²) < 4.78 is 35.5. The molecule has 1 amide bonds. The molecular weight excluding hydrogens is 425 g/mol. The molecule has 0 aliphatic carbocycles. The normalized spacial score (nSPS) is 19.0. The van der Waals surface area contributed by atoms with E-state index in [1.165, 1.54) is 40.4 Å². The van der Waals surface area contributed by atoms with Gasteiger partial charge >= 0.3 is 0 Å². The molecule has 0 bridgehead atoms. The van der Waals surface area contributed by atoms with Gasteiger partial charge in [-0.05, 0) is 24.3 Å². The first-order valence-electron chi connectivity index (χ1n) is 8.54. The summed E-state index contributed by atoms with van der Waals surface area (Å²) in [5.74, 6) is -1.88. The van der Waals surface area contributed by atoms with E-state index in [0.717, 1.165) is 12.1 Å². The van der Waals surface area contributed by atoms with Crippen molar-refractivity contribution in [1.29, 1.82) is 0 Å². The summed E-state index contributed by atoms with van der Waals surface area (Å²) in [4.78, 5) is 18.2. The topological polar surface area (TPSA) is 60.2 Å². The summed E-state index contributed by atoms with van der Waals surface area (Å²) in [6.07, 6.45) is 2.78. The van der Waals surface area contributed by atoms with E-state index >= 15 is 0 Å². The zero-order valence-corrected chi connectivity index (χ0v) is 16.4. The SMILES string of the molecule is O=C(c1ccc(Cl)cc1Cl)N1COC(Cn2cncn2)(c2ccc(F)cc2F)C1. The maximum Gasteiger partial charge on any atom is 0.257 e. The van der Waals surface area contributed by atoms with Gasteiger partial charge in [0.15, 0.2) is 0 Å². The van der Waals surface area contributed by atoms with Gasteiger partial charge in [-0.3, -0.25) is 4.79 Å². The van der Waals surface area contributed by atoms with Gasteiger partial charge in [0.2, 0.25) is 0 Å². The first-order valence-corrected chi connectivity index (χ1v) is 9.30. The third kappa shape index (κ3) is 3.83. The summed E-state index contributed by atoms with van der Waals surface area (Å²) >= 11 is 12.0. The summed E-state index contributed by atoms with van der Waals surface area (Å²) in [6, 6.07) is 7.77. The van der Waals surface area contributed by atoms with Crippen molar-refractivity contribution < 1.29 is 18.3 Å². The number of ether oxygens (including phenoxy) is 1. The van der Waals surface area contributed by atoms with Crippen LogP contribution in [0.4, 0.5) is 8.78 Å². The number of hydrogen-bond donors (Lipinski definition) is 0. The smallest absolute Gasteiger partial charge is 0.257 e. The second-order valence-electron chi connectivity index (χ2n) is 6.61. The average molecular weight is 439 g/mol. The number of carbonyl (C=O) groups is 1. The van der Waals surface area contributed by atoms with E-state index in [9.17, 15) is 13.6 Å². The molecule has 1 aliphatic rings. The Hall–Kier alpha value is -2.55. The van der Waals surface area contributed by atoms with Gasteiger partial charge in [-0.2, -0.15) is 5.10 Å². The minimum atomic E-state index is -1.28. The van der Waals surface area contributed by atoms with Gasteiger partial charge in [0.1, 0.15) is 36.6 Å². The molecule has 2 heterocycles. The molecule has 1 fully saturated rings. The number of halogens is 4. The molecule has 0 spiro atoms. The predicted octanol–water partition coefficient (Wildman–Crippen LogP) is 3.89. The first-order chi connectivity index (χ1) is 13.9. The Morgan fingerprint density at radius 1 is 1.21 bits per heavy atom. The van der Waals surface area contributed by atoms with Gasteiger partial charge in [0.05, 0.1) is 23.7 Å². The number of aromatic nitrogens is 3. The highest BCUT2D eigenvalue weighted by atomic mass is 35.5. The van der Waals surface area contributed by atoms with Crippen molar-refractivity contribution in [3.05, 3.63) is 81.9 Å². The minimum Gasteiger partial charge on any atom is -0.346 e. The second kappa shape index (κ2) is 7.70. The highest BCUT2D eigenvalue weighted by molar-refractivity contribution is 6.36. The van der Waals surface area contributed by atoms with Crippen LogP contribution in [0.1, 0.15) is 15.9 Å². The zero-order chi connectivity index (χ0) is 20.6. The number of benzene rings is 2. The van der Waals surface area contributed by atoms with Crippen LogP contribution in [0, 0.1) is 11.6 Å². The average Bonchev–Trinajstić information content (AvgIpc) is 3.32. The number of amides is 1. The van der Waals surface area contributed by atoms with E-state index < -0.39 is 23.1 Å².